The van der Waals surface area contributed by atoms with E-state index in [1.807, 2.05) is 12.1 Å². The van der Waals surface area contributed by atoms with Crippen LogP contribution in [-0.2, 0) is 17.9 Å². The van der Waals surface area contributed by atoms with Gasteiger partial charge in [-0.05, 0) is 23.3 Å². The molecule has 1 heterocycles. The number of nitrogens with zero attached hydrogens (tertiary/aromatic N) is 1. The first kappa shape index (κ1) is 9.46. The number of hydrogen-bond donors (Lipinski definition) is 0. The average molecular weight is 252 g/mol. The highest BCUT2D eigenvalue weighted by molar-refractivity contribution is 9.10. The Labute approximate surface area is 91.3 Å². The molecule has 1 amide bonds. The number of halogens is 1. The van der Waals surface area contributed by atoms with Gasteiger partial charge in [0.15, 0.2) is 0 Å². The zero-order valence-corrected chi connectivity index (χ0v) is 9.25. The van der Waals surface area contributed by atoms with Crippen molar-refractivity contribution in [3.05, 3.63) is 46.5 Å². The van der Waals surface area contributed by atoms with E-state index in [9.17, 15) is 4.79 Å². The third-order valence-electron chi connectivity index (χ3n) is 2.41. The summed E-state index contributed by atoms with van der Waals surface area (Å²) in [5.74, 6) is -0.00639. The standard InChI is InChI=1S/C11H10BrNO/c1-2-11(14)13-6-8-4-3-5-10(12)9(8)7-13/h2-5H,1,6-7H2. The zero-order valence-electron chi connectivity index (χ0n) is 7.66. The first-order valence-corrected chi connectivity index (χ1v) is 5.19. The van der Waals surface area contributed by atoms with Gasteiger partial charge < -0.3 is 4.90 Å². The molecular weight excluding hydrogens is 242 g/mol. The van der Waals surface area contributed by atoms with E-state index in [0.29, 0.717) is 13.1 Å². The molecule has 2 nitrogen and oxygen atoms in total. The first-order chi connectivity index (χ1) is 6.72. The highest BCUT2D eigenvalue weighted by Crippen LogP contribution is 2.29. The predicted octanol–water partition coefficient (Wildman–Crippen LogP) is 2.48. The molecular formula is C11H10BrNO. The van der Waals surface area contributed by atoms with Gasteiger partial charge in [0.2, 0.25) is 5.91 Å². The summed E-state index contributed by atoms with van der Waals surface area (Å²) >= 11 is 3.48. The van der Waals surface area contributed by atoms with Crippen LogP contribution in [0.15, 0.2) is 35.3 Å². The molecule has 72 valence electrons. The fourth-order valence-electron chi connectivity index (χ4n) is 1.67. The Kier molecular flexibility index (Phi) is 2.42. The van der Waals surface area contributed by atoms with Crippen molar-refractivity contribution in [2.24, 2.45) is 0 Å². The molecule has 0 atom stereocenters. The molecule has 0 aliphatic carbocycles. The number of benzene rings is 1. The highest BCUT2D eigenvalue weighted by atomic mass is 79.9. The van der Waals surface area contributed by atoms with Gasteiger partial charge >= 0.3 is 0 Å². The van der Waals surface area contributed by atoms with Crippen LogP contribution in [0, 0.1) is 0 Å². The minimum absolute atomic E-state index is 0.00639. The van der Waals surface area contributed by atoms with E-state index in [2.05, 4.69) is 28.6 Å². The summed E-state index contributed by atoms with van der Waals surface area (Å²) in [6.07, 6.45) is 1.36. The van der Waals surface area contributed by atoms with Gasteiger partial charge in [0.05, 0.1) is 0 Å². The second kappa shape index (κ2) is 3.58. The lowest BCUT2D eigenvalue weighted by Gasteiger charge is -2.11. The van der Waals surface area contributed by atoms with E-state index in [1.165, 1.54) is 17.2 Å². The maximum Gasteiger partial charge on any atom is 0.246 e. The number of fused-ring (bicyclic) bond motifs is 1. The summed E-state index contributed by atoms with van der Waals surface area (Å²) in [4.78, 5) is 13.2. The lowest BCUT2D eigenvalue weighted by atomic mass is 10.1. The van der Waals surface area contributed by atoms with Crippen molar-refractivity contribution in [1.29, 1.82) is 0 Å². The van der Waals surface area contributed by atoms with E-state index in [0.717, 1.165) is 4.47 Å². The Morgan fingerprint density at radius 1 is 1.50 bits per heavy atom. The van der Waals surface area contributed by atoms with Crippen molar-refractivity contribution in [3.8, 4) is 0 Å². The van der Waals surface area contributed by atoms with Crippen LogP contribution < -0.4 is 0 Å². The lowest BCUT2D eigenvalue weighted by Crippen LogP contribution is -2.22. The van der Waals surface area contributed by atoms with E-state index >= 15 is 0 Å². The van der Waals surface area contributed by atoms with Crippen molar-refractivity contribution in [2.75, 3.05) is 0 Å². The first-order valence-electron chi connectivity index (χ1n) is 4.40. The number of hydrogen-bond acceptors (Lipinski definition) is 1. The second-order valence-electron chi connectivity index (χ2n) is 3.28. The molecule has 1 aromatic rings. The minimum atomic E-state index is -0.00639. The summed E-state index contributed by atoms with van der Waals surface area (Å²) in [5, 5.41) is 0. The number of rotatable bonds is 1. The third kappa shape index (κ3) is 1.48. The summed E-state index contributed by atoms with van der Waals surface area (Å²) < 4.78 is 1.08. The molecule has 0 unspecified atom stereocenters. The summed E-state index contributed by atoms with van der Waals surface area (Å²) in [6.45, 7) is 4.86. The van der Waals surface area contributed by atoms with Crippen LogP contribution in [0.1, 0.15) is 11.1 Å². The second-order valence-corrected chi connectivity index (χ2v) is 4.13. The van der Waals surface area contributed by atoms with Crippen LogP contribution in [0.5, 0.6) is 0 Å². The normalized spacial score (nSPS) is 13.9. The van der Waals surface area contributed by atoms with Crippen LogP contribution in [0.3, 0.4) is 0 Å². The average Bonchev–Trinajstić information content (AvgIpc) is 2.62. The summed E-state index contributed by atoms with van der Waals surface area (Å²) in [7, 11) is 0. The predicted molar refractivity (Wildman–Crippen MR) is 58.6 cm³/mol. The highest BCUT2D eigenvalue weighted by Gasteiger charge is 2.22. The third-order valence-corrected chi connectivity index (χ3v) is 3.16. The van der Waals surface area contributed by atoms with Crippen LogP contribution in [-0.4, -0.2) is 10.8 Å². The Morgan fingerprint density at radius 2 is 2.29 bits per heavy atom. The monoisotopic (exact) mass is 251 g/mol. The smallest absolute Gasteiger partial charge is 0.246 e. The van der Waals surface area contributed by atoms with Gasteiger partial charge in [0, 0.05) is 17.6 Å². The summed E-state index contributed by atoms with van der Waals surface area (Å²) in [5.41, 5.74) is 2.43. The van der Waals surface area contributed by atoms with Crippen molar-refractivity contribution < 1.29 is 4.79 Å². The van der Waals surface area contributed by atoms with E-state index in [-0.39, 0.29) is 5.91 Å². The van der Waals surface area contributed by atoms with Gasteiger partial charge in [-0.1, -0.05) is 34.6 Å². The molecule has 0 spiro atoms. The fourth-order valence-corrected chi connectivity index (χ4v) is 2.20. The van der Waals surface area contributed by atoms with Crippen molar-refractivity contribution >= 4 is 21.8 Å². The molecule has 0 aromatic heterocycles. The SMILES string of the molecule is C=CC(=O)N1Cc2cccc(Br)c2C1. The summed E-state index contributed by atoms with van der Waals surface area (Å²) in [6, 6.07) is 6.04. The van der Waals surface area contributed by atoms with E-state index in [1.54, 1.807) is 4.90 Å². The Bertz CT molecular complexity index is 400. The Hall–Kier alpha value is -1.09. The van der Waals surface area contributed by atoms with Gasteiger partial charge in [0.1, 0.15) is 0 Å². The maximum absolute atomic E-state index is 11.4. The molecule has 1 aliphatic rings. The molecule has 14 heavy (non-hydrogen) atoms. The zero-order chi connectivity index (χ0) is 10.1. The molecule has 0 fully saturated rings. The Morgan fingerprint density at radius 3 is 2.93 bits per heavy atom. The largest absolute Gasteiger partial charge is 0.330 e. The molecule has 0 saturated carbocycles. The number of carbonyl (C=O) groups is 1. The van der Waals surface area contributed by atoms with Gasteiger partial charge in [-0.2, -0.15) is 0 Å². The quantitative estimate of drug-likeness (QED) is 0.703. The van der Waals surface area contributed by atoms with Gasteiger partial charge in [-0.3, -0.25) is 4.79 Å². The van der Waals surface area contributed by atoms with Crippen LogP contribution in [0.2, 0.25) is 0 Å². The van der Waals surface area contributed by atoms with Crippen LogP contribution >= 0.6 is 15.9 Å². The van der Waals surface area contributed by atoms with Crippen LogP contribution in [0.4, 0.5) is 0 Å². The van der Waals surface area contributed by atoms with Crippen molar-refractivity contribution in [3.63, 3.8) is 0 Å². The van der Waals surface area contributed by atoms with Gasteiger partial charge in [-0.15, -0.1) is 0 Å². The molecule has 0 radical (unpaired) electrons. The van der Waals surface area contributed by atoms with Crippen molar-refractivity contribution in [2.45, 2.75) is 13.1 Å². The number of carbonyl (C=O) groups excluding carboxylic acids is 1. The van der Waals surface area contributed by atoms with E-state index in [4.69, 9.17) is 0 Å². The fraction of sp³-hybridized carbons (Fsp3) is 0.182. The van der Waals surface area contributed by atoms with Crippen molar-refractivity contribution in [1.82, 2.24) is 4.90 Å². The molecule has 1 aliphatic heterocycles. The molecule has 0 N–H and O–H groups in total. The molecule has 1 aromatic carbocycles. The molecule has 2 rings (SSSR count). The molecule has 3 heteroatoms. The molecule has 0 saturated heterocycles. The topological polar surface area (TPSA) is 20.3 Å². The van der Waals surface area contributed by atoms with Gasteiger partial charge in [0.25, 0.3) is 0 Å². The van der Waals surface area contributed by atoms with E-state index < -0.39 is 0 Å². The lowest BCUT2D eigenvalue weighted by molar-refractivity contribution is -0.126. The number of amides is 1. The van der Waals surface area contributed by atoms with Gasteiger partial charge in [-0.25, -0.2) is 0 Å². The Balaban J connectivity index is 2.30. The maximum atomic E-state index is 11.4. The minimum Gasteiger partial charge on any atom is -0.330 e. The van der Waals surface area contributed by atoms with Crippen LogP contribution in [0.25, 0.3) is 0 Å². The molecule has 0 bridgehead atoms.